The van der Waals surface area contributed by atoms with Crippen LogP contribution in [0, 0.1) is 5.82 Å². The van der Waals surface area contributed by atoms with Crippen molar-refractivity contribution in [3.63, 3.8) is 0 Å². The summed E-state index contributed by atoms with van der Waals surface area (Å²) < 4.78 is 12.7. The Morgan fingerprint density at radius 3 is 2.78 bits per heavy atom. The maximum atomic E-state index is 12.7. The molecule has 2 rings (SSSR count). The predicted octanol–water partition coefficient (Wildman–Crippen LogP) is 2.77. The van der Waals surface area contributed by atoms with E-state index in [1.54, 1.807) is 23.9 Å². The first kappa shape index (κ1) is 13.4. The van der Waals surface area contributed by atoms with Crippen LogP contribution in [0.15, 0.2) is 24.3 Å². The lowest BCUT2D eigenvalue weighted by Crippen LogP contribution is -2.35. The van der Waals surface area contributed by atoms with Gasteiger partial charge in [-0.25, -0.2) is 4.39 Å². The molecule has 0 aromatic heterocycles. The Hall–Kier alpha value is -1.03. The summed E-state index contributed by atoms with van der Waals surface area (Å²) in [5, 5.41) is 3.09. The van der Waals surface area contributed by atoms with Gasteiger partial charge in [0.25, 0.3) is 0 Å². The molecule has 1 amide bonds. The first-order chi connectivity index (χ1) is 8.75. The van der Waals surface area contributed by atoms with E-state index in [0.29, 0.717) is 6.54 Å². The molecule has 1 heterocycles. The van der Waals surface area contributed by atoms with Gasteiger partial charge in [-0.1, -0.05) is 18.6 Å². The molecule has 2 nitrogen and oxygen atoms in total. The summed E-state index contributed by atoms with van der Waals surface area (Å²) in [7, 11) is 0. The SMILES string of the molecule is O=C(NCCc1ccc(F)cc1)C1CCCCS1. The Kier molecular flexibility index (Phi) is 5.05. The summed E-state index contributed by atoms with van der Waals surface area (Å²) >= 11 is 1.76. The van der Waals surface area contributed by atoms with Crippen LogP contribution in [0.2, 0.25) is 0 Å². The minimum atomic E-state index is -0.221. The number of benzene rings is 1. The molecule has 1 aliphatic rings. The summed E-state index contributed by atoms with van der Waals surface area (Å²) in [6.07, 6.45) is 4.13. The molecule has 98 valence electrons. The third-order valence-electron chi connectivity index (χ3n) is 3.10. The maximum Gasteiger partial charge on any atom is 0.233 e. The highest BCUT2D eigenvalue weighted by molar-refractivity contribution is 8.00. The zero-order valence-corrected chi connectivity index (χ0v) is 11.1. The van der Waals surface area contributed by atoms with Crippen molar-refractivity contribution in [2.24, 2.45) is 0 Å². The lowest BCUT2D eigenvalue weighted by Gasteiger charge is -2.20. The van der Waals surface area contributed by atoms with E-state index in [1.165, 1.54) is 18.6 Å². The summed E-state index contributed by atoms with van der Waals surface area (Å²) in [4.78, 5) is 11.9. The van der Waals surface area contributed by atoms with E-state index >= 15 is 0 Å². The Balaban J connectivity index is 1.71. The topological polar surface area (TPSA) is 29.1 Å². The van der Waals surface area contributed by atoms with Gasteiger partial charge in [0.15, 0.2) is 0 Å². The van der Waals surface area contributed by atoms with Gasteiger partial charge in [0.05, 0.1) is 5.25 Å². The molecule has 0 radical (unpaired) electrons. The van der Waals surface area contributed by atoms with Gasteiger partial charge >= 0.3 is 0 Å². The summed E-state index contributed by atoms with van der Waals surface area (Å²) in [5.41, 5.74) is 1.05. The molecule has 1 unspecified atom stereocenters. The molecule has 1 N–H and O–H groups in total. The fraction of sp³-hybridized carbons (Fsp3) is 0.500. The number of rotatable bonds is 4. The Bertz CT molecular complexity index is 387. The van der Waals surface area contributed by atoms with Crippen molar-refractivity contribution in [3.8, 4) is 0 Å². The van der Waals surface area contributed by atoms with Crippen molar-refractivity contribution in [2.75, 3.05) is 12.3 Å². The molecule has 0 saturated carbocycles. The molecule has 1 aromatic carbocycles. The molecule has 1 saturated heterocycles. The van der Waals surface area contributed by atoms with E-state index in [0.717, 1.165) is 30.6 Å². The van der Waals surface area contributed by atoms with Crippen LogP contribution in [0.25, 0.3) is 0 Å². The monoisotopic (exact) mass is 267 g/mol. The van der Waals surface area contributed by atoms with Crippen molar-refractivity contribution < 1.29 is 9.18 Å². The lowest BCUT2D eigenvalue weighted by atomic mass is 10.1. The molecule has 1 aliphatic heterocycles. The van der Waals surface area contributed by atoms with Crippen LogP contribution >= 0.6 is 11.8 Å². The van der Waals surface area contributed by atoms with Crippen molar-refractivity contribution >= 4 is 17.7 Å². The zero-order valence-electron chi connectivity index (χ0n) is 10.3. The van der Waals surface area contributed by atoms with Crippen molar-refractivity contribution in [3.05, 3.63) is 35.6 Å². The lowest BCUT2D eigenvalue weighted by molar-refractivity contribution is -0.120. The van der Waals surface area contributed by atoms with Crippen molar-refractivity contribution in [2.45, 2.75) is 30.9 Å². The fourth-order valence-corrected chi connectivity index (χ4v) is 3.27. The standard InChI is InChI=1S/C14H18FNOS/c15-12-6-4-11(5-7-12)8-9-16-14(17)13-3-1-2-10-18-13/h4-7,13H,1-3,8-10H2,(H,16,17). The highest BCUT2D eigenvalue weighted by atomic mass is 32.2. The van der Waals surface area contributed by atoms with Gasteiger partial charge in [-0.15, -0.1) is 11.8 Å². The van der Waals surface area contributed by atoms with Crippen molar-refractivity contribution in [1.82, 2.24) is 5.32 Å². The second-order valence-corrected chi connectivity index (χ2v) is 5.83. The van der Waals surface area contributed by atoms with Crippen LogP contribution in [0.3, 0.4) is 0 Å². The first-order valence-electron chi connectivity index (χ1n) is 6.39. The second-order valence-electron chi connectivity index (χ2n) is 4.52. The Morgan fingerprint density at radius 2 is 2.11 bits per heavy atom. The fourth-order valence-electron chi connectivity index (χ4n) is 2.04. The van der Waals surface area contributed by atoms with Crippen LogP contribution in [0.4, 0.5) is 4.39 Å². The molecule has 0 spiro atoms. The number of amides is 1. The number of thioether (sulfide) groups is 1. The second kappa shape index (κ2) is 6.78. The first-order valence-corrected chi connectivity index (χ1v) is 7.44. The molecule has 1 atom stereocenters. The molecule has 4 heteroatoms. The minimum Gasteiger partial charge on any atom is -0.355 e. The molecule has 1 fully saturated rings. The summed E-state index contributed by atoms with van der Waals surface area (Å²) in [6, 6.07) is 6.43. The van der Waals surface area contributed by atoms with Gasteiger partial charge < -0.3 is 5.32 Å². The van der Waals surface area contributed by atoms with E-state index < -0.39 is 0 Å². The van der Waals surface area contributed by atoms with Crippen LogP contribution < -0.4 is 5.32 Å². The zero-order chi connectivity index (χ0) is 12.8. The van der Waals surface area contributed by atoms with E-state index in [2.05, 4.69) is 5.32 Å². The highest BCUT2D eigenvalue weighted by Gasteiger charge is 2.20. The van der Waals surface area contributed by atoms with Crippen LogP contribution in [-0.4, -0.2) is 23.5 Å². The Morgan fingerprint density at radius 1 is 1.33 bits per heavy atom. The number of hydrogen-bond donors (Lipinski definition) is 1. The molecular formula is C14H18FNOS. The van der Waals surface area contributed by atoms with Gasteiger partial charge in [-0.2, -0.15) is 0 Å². The normalized spacial score (nSPS) is 19.5. The van der Waals surface area contributed by atoms with Gasteiger partial charge in [-0.05, 0) is 42.7 Å². The van der Waals surface area contributed by atoms with Gasteiger partial charge in [0, 0.05) is 6.54 Å². The highest BCUT2D eigenvalue weighted by Crippen LogP contribution is 2.24. The number of halogens is 1. The molecular weight excluding hydrogens is 249 g/mol. The third kappa shape index (κ3) is 4.02. The molecule has 0 bridgehead atoms. The smallest absolute Gasteiger partial charge is 0.233 e. The average molecular weight is 267 g/mol. The number of hydrogen-bond acceptors (Lipinski definition) is 2. The average Bonchev–Trinajstić information content (AvgIpc) is 2.42. The molecule has 0 aliphatic carbocycles. The molecule has 1 aromatic rings. The number of carbonyl (C=O) groups is 1. The van der Waals surface area contributed by atoms with Gasteiger partial charge in [-0.3, -0.25) is 4.79 Å². The van der Waals surface area contributed by atoms with Crippen LogP contribution in [0.1, 0.15) is 24.8 Å². The number of nitrogens with one attached hydrogen (secondary N) is 1. The van der Waals surface area contributed by atoms with Crippen LogP contribution in [-0.2, 0) is 11.2 Å². The van der Waals surface area contributed by atoms with E-state index in [4.69, 9.17) is 0 Å². The summed E-state index contributed by atoms with van der Waals surface area (Å²) in [6.45, 7) is 0.627. The van der Waals surface area contributed by atoms with E-state index in [1.807, 2.05) is 0 Å². The van der Waals surface area contributed by atoms with Gasteiger partial charge in [0.1, 0.15) is 5.82 Å². The van der Waals surface area contributed by atoms with Gasteiger partial charge in [0.2, 0.25) is 5.91 Å². The van der Waals surface area contributed by atoms with Crippen LogP contribution in [0.5, 0.6) is 0 Å². The van der Waals surface area contributed by atoms with Crippen molar-refractivity contribution in [1.29, 1.82) is 0 Å². The quantitative estimate of drug-likeness (QED) is 0.909. The Labute approximate surface area is 111 Å². The van der Waals surface area contributed by atoms with E-state index in [-0.39, 0.29) is 17.0 Å². The summed E-state index contributed by atoms with van der Waals surface area (Å²) in [5.74, 6) is 1.03. The minimum absolute atomic E-state index is 0.131. The third-order valence-corrected chi connectivity index (χ3v) is 4.47. The maximum absolute atomic E-state index is 12.7. The predicted molar refractivity (Wildman–Crippen MR) is 73.2 cm³/mol. The largest absolute Gasteiger partial charge is 0.355 e. The number of carbonyl (C=O) groups excluding carboxylic acids is 1. The molecule has 18 heavy (non-hydrogen) atoms. The van der Waals surface area contributed by atoms with E-state index in [9.17, 15) is 9.18 Å².